The number of hydrogen-bond donors (Lipinski definition) is 3. The Kier molecular flexibility index (Phi) is 5.00. The highest BCUT2D eigenvalue weighted by atomic mass is 19.1. The molecule has 0 saturated heterocycles. The molecular formula is C22H21FN8O2. The fraction of sp³-hybridized carbons (Fsp3) is 0.227. The summed E-state index contributed by atoms with van der Waals surface area (Å²) in [5.74, 6) is -0.310. The van der Waals surface area contributed by atoms with Gasteiger partial charge >= 0.3 is 6.09 Å². The Hall–Kier alpha value is -4.28. The number of amides is 1. The van der Waals surface area contributed by atoms with E-state index in [4.69, 9.17) is 11.5 Å². The number of nitrogens with zero attached hydrogens (tertiary/aromatic N) is 6. The van der Waals surface area contributed by atoms with E-state index in [1.165, 1.54) is 6.07 Å². The molecule has 0 radical (unpaired) electrons. The van der Waals surface area contributed by atoms with Crippen LogP contribution in [0.3, 0.4) is 0 Å². The molecule has 0 spiro atoms. The number of carboxylic acid groups (broad SMARTS) is 1. The van der Waals surface area contributed by atoms with Crippen molar-refractivity contribution in [3.8, 4) is 11.5 Å². The first-order valence-electron chi connectivity index (χ1n) is 10.4. The molecule has 0 atom stereocenters. The van der Waals surface area contributed by atoms with Gasteiger partial charge in [-0.15, -0.1) is 0 Å². The largest absolute Gasteiger partial charge is 0.465 e. The summed E-state index contributed by atoms with van der Waals surface area (Å²) in [6, 6.07) is 9.76. The molecule has 5 N–H and O–H groups in total. The zero-order chi connectivity index (χ0) is 23.1. The maximum atomic E-state index is 14.2. The SMILES string of the molecule is Nc1nc(-c2nn(Cc3ccccc3F)c3ncccc23)nc(N)c1N(C(=O)O)C1CCC1. The zero-order valence-corrected chi connectivity index (χ0v) is 17.5. The second-order valence-electron chi connectivity index (χ2n) is 7.88. The first-order chi connectivity index (χ1) is 15.9. The number of pyridine rings is 1. The predicted molar refractivity (Wildman–Crippen MR) is 121 cm³/mol. The topological polar surface area (TPSA) is 149 Å². The Bertz CT molecular complexity index is 1340. The zero-order valence-electron chi connectivity index (χ0n) is 17.5. The fourth-order valence-corrected chi connectivity index (χ4v) is 4.00. The molecule has 0 unspecified atom stereocenters. The normalized spacial score (nSPS) is 13.7. The molecule has 4 aromatic rings. The number of nitrogen functional groups attached to an aromatic ring is 2. The monoisotopic (exact) mass is 448 g/mol. The molecule has 1 saturated carbocycles. The van der Waals surface area contributed by atoms with Crippen LogP contribution in [0.15, 0.2) is 42.6 Å². The highest BCUT2D eigenvalue weighted by Crippen LogP contribution is 2.37. The summed E-state index contributed by atoms with van der Waals surface area (Å²) < 4.78 is 15.8. The quantitative estimate of drug-likeness (QED) is 0.421. The number of carbonyl (C=O) groups is 1. The van der Waals surface area contributed by atoms with Gasteiger partial charge in [-0.1, -0.05) is 18.2 Å². The van der Waals surface area contributed by atoms with Crippen molar-refractivity contribution in [3.05, 3.63) is 54.0 Å². The van der Waals surface area contributed by atoms with Gasteiger partial charge in [-0.25, -0.2) is 28.8 Å². The lowest BCUT2D eigenvalue weighted by atomic mass is 9.91. The van der Waals surface area contributed by atoms with Crippen molar-refractivity contribution in [2.45, 2.75) is 31.8 Å². The molecule has 10 nitrogen and oxygen atoms in total. The highest BCUT2D eigenvalue weighted by Gasteiger charge is 2.34. The van der Waals surface area contributed by atoms with Gasteiger partial charge in [-0.2, -0.15) is 5.10 Å². The maximum absolute atomic E-state index is 14.2. The number of nitrogens with two attached hydrogens (primary N) is 2. The summed E-state index contributed by atoms with van der Waals surface area (Å²) in [6.07, 6.45) is 2.85. The molecule has 11 heteroatoms. The number of hydrogen-bond acceptors (Lipinski definition) is 7. The van der Waals surface area contributed by atoms with Crippen LogP contribution in [-0.2, 0) is 6.54 Å². The van der Waals surface area contributed by atoms with Gasteiger partial charge in [0.25, 0.3) is 0 Å². The summed E-state index contributed by atoms with van der Waals surface area (Å²) in [4.78, 5) is 26.1. The van der Waals surface area contributed by atoms with E-state index in [2.05, 4.69) is 20.1 Å². The lowest BCUT2D eigenvalue weighted by Gasteiger charge is -2.35. The molecule has 3 heterocycles. The molecule has 1 fully saturated rings. The van der Waals surface area contributed by atoms with Gasteiger partial charge in [0.2, 0.25) is 0 Å². The van der Waals surface area contributed by atoms with Crippen LogP contribution in [0.25, 0.3) is 22.6 Å². The van der Waals surface area contributed by atoms with Crippen molar-refractivity contribution in [1.29, 1.82) is 0 Å². The Balaban J connectivity index is 1.60. The lowest BCUT2D eigenvalue weighted by molar-refractivity contribution is 0.194. The number of fused-ring (bicyclic) bond motifs is 1. The number of benzene rings is 1. The number of rotatable bonds is 5. The molecule has 1 aliphatic carbocycles. The molecule has 168 valence electrons. The van der Waals surface area contributed by atoms with E-state index < -0.39 is 6.09 Å². The van der Waals surface area contributed by atoms with E-state index in [9.17, 15) is 14.3 Å². The van der Waals surface area contributed by atoms with Crippen molar-refractivity contribution in [2.75, 3.05) is 16.4 Å². The maximum Gasteiger partial charge on any atom is 0.412 e. The average molecular weight is 448 g/mol. The summed E-state index contributed by atoms with van der Waals surface area (Å²) >= 11 is 0. The van der Waals surface area contributed by atoms with Crippen molar-refractivity contribution in [2.24, 2.45) is 0 Å². The summed E-state index contributed by atoms with van der Waals surface area (Å²) in [6.45, 7) is 0.151. The van der Waals surface area contributed by atoms with E-state index in [0.717, 1.165) is 24.2 Å². The van der Waals surface area contributed by atoms with E-state index in [1.54, 1.807) is 41.2 Å². The van der Waals surface area contributed by atoms with Crippen molar-refractivity contribution in [1.82, 2.24) is 24.7 Å². The van der Waals surface area contributed by atoms with Crippen LogP contribution in [0.4, 0.5) is 26.5 Å². The molecule has 1 aromatic carbocycles. The Labute approximate surface area is 187 Å². The second kappa shape index (κ2) is 8.01. The second-order valence-corrected chi connectivity index (χ2v) is 7.88. The molecular weight excluding hydrogens is 427 g/mol. The Morgan fingerprint density at radius 3 is 2.52 bits per heavy atom. The van der Waals surface area contributed by atoms with Crippen molar-refractivity contribution in [3.63, 3.8) is 0 Å². The van der Waals surface area contributed by atoms with Crippen molar-refractivity contribution >= 4 is 34.4 Å². The number of anilines is 3. The molecule has 33 heavy (non-hydrogen) atoms. The minimum atomic E-state index is -1.15. The Morgan fingerprint density at radius 2 is 1.88 bits per heavy atom. The molecule has 0 aliphatic heterocycles. The standard InChI is InChI=1S/C22H21FN8O2/c23-15-9-2-1-5-12(15)11-30-21-14(8-4-10-26-21)16(29-30)20-27-18(24)17(19(25)28-20)31(22(32)33)13-6-3-7-13/h1-2,4-5,8-10,13H,3,6-7,11H2,(H,32,33)(H4,24,25,27,28). The first kappa shape index (κ1) is 20.6. The minimum Gasteiger partial charge on any atom is -0.465 e. The van der Waals surface area contributed by atoms with Crippen LogP contribution < -0.4 is 16.4 Å². The molecule has 1 aliphatic rings. The average Bonchev–Trinajstić information content (AvgIpc) is 3.11. The summed E-state index contributed by atoms with van der Waals surface area (Å²) in [5, 5.41) is 14.9. The van der Waals surface area contributed by atoms with Gasteiger partial charge in [0.15, 0.2) is 23.1 Å². The lowest BCUT2D eigenvalue weighted by Crippen LogP contribution is -2.44. The predicted octanol–water partition coefficient (Wildman–Crippen LogP) is 3.28. The van der Waals surface area contributed by atoms with Gasteiger partial charge < -0.3 is 16.6 Å². The van der Waals surface area contributed by atoms with Gasteiger partial charge in [-0.05, 0) is 37.5 Å². The Morgan fingerprint density at radius 1 is 1.15 bits per heavy atom. The van der Waals surface area contributed by atoms with E-state index >= 15 is 0 Å². The van der Waals surface area contributed by atoms with E-state index in [1.807, 2.05) is 0 Å². The van der Waals surface area contributed by atoms with Crippen molar-refractivity contribution < 1.29 is 14.3 Å². The molecule has 5 rings (SSSR count). The van der Waals surface area contributed by atoms with E-state index in [-0.39, 0.29) is 41.6 Å². The fourth-order valence-electron chi connectivity index (χ4n) is 4.00. The number of halogens is 1. The van der Waals surface area contributed by atoms with E-state index in [0.29, 0.717) is 22.3 Å². The third kappa shape index (κ3) is 3.56. The van der Waals surface area contributed by atoms with Crippen LogP contribution in [0.5, 0.6) is 0 Å². The minimum absolute atomic E-state index is 0.0486. The third-order valence-electron chi connectivity index (χ3n) is 5.82. The van der Waals surface area contributed by atoms with Gasteiger partial charge in [-0.3, -0.25) is 4.90 Å². The van der Waals surface area contributed by atoms with Gasteiger partial charge in [0.1, 0.15) is 17.2 Å². The third-order valence-corrected chi connectivity index (χ3v) is 5.82. The van der Waals surface area contributed by atoms with Crippen LogP contribution in [0, 0.1) is 5.82 Å². The molecule has 0 bridgehead atoms. The first-order valence-corrected chi connectivity index (χ1v) is 10.4. The highest BCUT2D eigenvalue weighted by molar-refractivity contribution is 5.96. The van der Waals surface area contributed by atoms with Crippen LogP contribution >= 0.6 is 0 Å². The van der Waals surface area contributed by atoms with Crippen LogP contribution in [0.1, 0.15) is 24.8 Å². The van der Waals surface area contributed by atoms with Crippen LogP contribution in [-0.4, -0.2) is 42.0 Å². The molecule has 1 amide bonds. The smallest absolute Gasteiger partial charge is 0.412 e. The van der Waals surface area contributed by atoms with Gasteiger partial charge in [0, 0.05) is 17.8 Å². The van der Waals surface area contributed by atoms with Crippen LogP contribution in [0.2, 0.25) is 0 Å². The number of aromatic nitrogens is 5. The molecule has 3 aromatic heterocycles. The summed E-state index contributed by atoms with van der Waals surface area (Å²) in [5.41, 5.74) is 13.8. The summed E-state index contributed by atoms with van der Waals surface area (Å²) in [7, 11) is 0. The van der Waals surface area contributed by atoms with Gasteiger partial charge in [0.05, 0.1) is 11.9 Å².